The molecule has 0 unspecified atom stereocenters. The van der Waals surface area contributed by atoms with E-state index in [0.29, 0.717) is 25.2 Å². The molecule has 2 aromatic rings. The van der Waals surface area contributed by atoms with Gasteiger partial charge in [0, 0.05) is 24.4 Å². The number of para-hydroxylation sites is 2. The zero-order chi connectivity index (χ0) is 17.8. The maximum atomic E-state index is 12.4. The topological polar surface area (TPSA) is 52.7 Å². The molecule has 1 aromatic heterocycles. The Hall–Kier alpha value is -2.18. The number of rotatable bonds is 6. The molecule has 25 heavy (non-hydrogen) atoms. The summed E-state index contributed by atoms with van der Waals surface area (Å²) in [4.78, 5) is 29.5. The molecule has 1 aromatic carbocycles. The molecule has 6 heteroatoms. The monoisotopic (exact) mass is 357 g/mol. The van der Waals surface area contributed by atoms with Crippen LogP contribution in [0.2, 0.25) is 0 Å². The SMILES string of the molecule is Cc1ccsc1CN(C)CC(=O)Nc1ccccc1N1CCCC1=O. The van der Waals surface area contributed by atoms with E-state index in [4.69, 9.17) is 0 Å². The van der Waals surface area contributed by atoms with Gasteiger partial charge in [-0.05, 0) is 49.5 Å². The summed E-state index contributed by atoms with van der Waals surface area (Å²) in [6.45, 7) is 3.86. The molecule has 1 aliphatic rings. The van der Waals surface area contributed by atoms with Gasteiger partial charge in [-0.3, -0.25) is 14.5 Å². The number of hydrogen-bond acceptors (Lipinski definition) is 4. The van der Waals surface area contributed by atoms with Crippen LogP contribution in [0.1, 0.15) is 23.3 Å². The van der Waals surface area contributed by atoms with Crippen LogP contribution in [0.25, 0.3) is 0 Å². The smallest absolute Gasteiger partial charge is 0.238 e. The molecule has 1 N–H and O–H groups in total. The van der Waals surface area contributed by atoms with Crippen LogP contribution in [0.4, 0.5) is 11.4 Å². The van der Waals surface area contributed by atoms with E-state index in [1.807, 2.05) is 36.2 Å². The highest BCUT2D eigenvalue weighted by molar-refractivity contribution is 7.10. The zero-order valence-electron chi connectivity index (χ0n) is 14.6. The van der Waals surface area contributed by atoms with E-state index in [1.54, 1.807) is 16.2 Å². The summed E-state index contributed by atoms with van der Waals surface area (Å²) in [5, 5.41) is 5.03. The largest absolute Gasteiger partial charge is 0.323 e. The van der Waals surface area contributed by atoms with E-state index in [9.17, 15) is 9.59 Å². The molecule has 1 saturated heterocycles. The highest BCUT2D eigenvalue weighted by atomic mass is 32.1. The maximum Gasteiger partial charge on any atom is 0.238 e. The van der Waals surface area contributed by atoms with Gasteiger partial charge in [0.15, 0.2) is 0 Å². The second-order valence-corrected chi connectivity index (χ2v) is 7.41. The van der Waals surface area contributed by atoms with E-state index < -0.39 is 0 Å². The third kappa shape index (κ3) is 4.27. The van der Waals surface area contributed by atoms with Crippen LogP contribution in [0.5, 0.6) is 0 Å². The number of benzene rings is 1. The Balaban J connectivity index is 1.63. The Morgan fingerprint density at radius 1 is 1.32 bits per heavy atom. The predicted octanol–water partition coefficient (Wildman–Crippen LogP) is 3.25. The molecule has 3 rings (SSSR count). The van der Waals surface area contributed by atoms with Crippen molar-refractivity contribution in [2.75, 3.05) is 30.4 Å². The van der Waals surface area contributed by atoms with Gasteiger partial charge in [-0.2, -0.15) is 0 Å². The number of hydrogen-bond donors (Lipinski definition) is 1. The van der Waals surface area contributed by atoms with Crippen molar-refractivity contribution in [1.82, 2.24) is 4.90 Å². The first kappa shape index (κ1) is 17.6. The minimum atomic E-state index is -0.0733. The number of nitrogens with zero attached hydrogens (tertiary/aromatic N) is 2. The first-order chi connectivity index (χ1) is 12.0. The fraction of sp³-hybridized carbons (Fsp3) is 0.368. The van der Waals surface area contributed by atoms with Crippen molar-refractivity contribution < 1.29 is 9.59 Å². The van der Waals surface area contributed by atoms with E-state index in [-0.39, 0.29) is 11.8 Å². The molecule has 0 atom stereocenters. The third-order valence-corrected chi connectivity index (χ3v) is 5.35. The van der Waals surface area contributed by atoms with Gasteiger partial charge in [0.05, 0.1) is 17.9 Å². The van der Waals surface area contributed by atoms with Crippen molar-refractivity contribution in [2.24, 2.45) is 0 Å². The van der Waals surface area contributed by atoms with Gasteiger partial charge in [-0.25, -0.2) is 0 Å². The second-order valence-electron chi connectivity index (χ2n) is 6.41. The lowest BCUT2D eigenvalue weighted by Crippen LogP contribution is -2.31. The van der Waals surface area contributed by atoms with Crippen molar-refractivity contribution >= 4 is 34.5 Å². The predicted molar refractivity (Wildman–Crippen MR) is 102 cm³/mol. The van der Waals surface area contributed by atoms with E-state index in [0.717, 1.165) is 18.7 Å². The average Bonchev–Trinajstić information content (AvgIpc) is 3.16. The Kier molecular flexibility index (Phi) is 5.50. The van der Waals surface area contributed by atoms with Gasteiger partial charge in [-0.15, -0.1) is 11.3 Å². The van der Waals surface area contributed by atoms with Crippen LogP contribution in [-0.2, 0) is 16.1 Å². The molecule has 1 aliphatic heterocycles. The molecule has 2 heterocycles. The van der Waals surface area contributed by atoms with Gasteiger partial charge in [-0.1, -0.05) is 12.1 Å². The first-order valence-electron chi connectivity index (χ1n) is 8.45. The van der Waals surface area contributed by atoms with Crippen molar-refractivity contribution in [2.45, 2.75) is 26.3 Å². The highest BCUT2D eigenvalue weighted by Gasteiger charge is 2.24. The van der Waals surface area contributed by atoms with Gasteiger partial charge in [0.25, 0.3) is 0 Å². The van der Waals surface area contributed by atoms with E-state index in [1.165, 1.54) is 10.4 Å². The van der Waals surface area contributed by atoms with Crippen LogP contribution in [0, 0.1) is 6.92 Å². The zero-order valence-corrected chi connectivity index (χ0v) is 15.4. The second kappa shape index (κ2) is 7.80. The number of anilines is 2. The van der Waals surface area contributed by atoms with Gasteiger partial charge < -0.3 is 10.2 Å². The van der Waals surface area contributed by atoms with Crippen molar-refractivity contribution in [1.29, 1.82) is 0 Å². The summed E-state index contributed by atoms with van der Waals surface area (Å²) in [6, 6.07) is 9.59. The highest BCUT2D eigenvalue weighted by Crippen LogP contribution is 2.29. The van der Waals surface area contributed by atoms with Crippen molar-refractivity contribution in [3.8, 4) is 0 Å². The molecule has 0 spiro atoms. The number of aryl methyl sites for hydroxylation is 1. The molecular weight excluding hydrogens is 334 g/mol. The molecule has 132 valence electrons. The summed E-state index contributed by atoms with van der Waals surface area (Å²) < 4.78 is 0. The molecule has 0 bridgehead atoms. The first-order valence-corrected chi connectivity index (χ1v) is 9.33. The molecule has 5 nitrogen and oxygen atoms in total. The number of amides is 2. The number of likely N-dealkylation sites (N-methyl/N-ethyl adjacent to an activating group) is 1. The minimum Gasteiger partial charge on any atom is -0.323 e. The lowest BCUT2D eigenvalue weighted by atomic mass is 10.2. The van der Waals surface area contributed by atoms with Crippen LogP contribution in [0.3, 0.4) is 0 Å². The molecule has 0 radical (unpaired) electrons. The summed E-state index contributed by atoms with van der Waals surface area (Å²) >= 11 is 1.71. The van der Waals surface area contributed by atoms with Crippen LogP contribution in [-0.4, -0.2) is 36.9 Å². The number of thiophene rings is 1. The lowest BCUT2D eigenvalue weighted by Gasteiger charge is -2.21. The third-order valence-electron chi connectivity index (χ3n) is 4.34. The quantitative estimate of drug-likeness (QED) is 0.863. The van der Waals surface area contributed by atoms with E-state index >= 15 is 0 Å². The van der Waals surface area contributed by atoms with Crippen molar-refractivity contribution in [3.63, 3.8) is 0 Å². The Morgan fingerprint density at radius 2 is 2.12 bits per heavy atom. The van der Waals surface area contributed by atoms with E-state index in [2.05, 4.69) is 23.7 Å². The Morgan fingerprint density at radius 3 is 2.80 bits per heavy atom. The van der Waals surface area contributed by atoms with Crippen LogP contribution >= 0.6 is 11.3 Å². The normalized spacial score (nSPS) is 14.4. The van der Waals surface area contributed by atoms with Crippen molar-refractivity contribution in [3.05, 3.63) is 46.2 Å². The van der Waals surface area contributed by atoms with Gasteiger partial charge >= 0.3 is 0 Å². The molecule has 1 fully saturated rings. The van der Waals surface area contributed by atoms with Gasteiger partial charge in [0.1, 0.15) is 0 Å². The number of carbonyl (C=O) groups excluding carboxylic acids is 2. The van der Waals surface area contributed by atoms with Crippen LogP contribution in [0.15, 0.2) is 35.7 Å². The average molecular weight is 357 g/mol. The lowest BCUT2D eigenvalue weighted by molar-refractivity contribution is -0.118. The summed E-state index contributed by atoms with van der Waals surface area (Å²) in [5.41, 5.74) is 2.74. The van der Waals surface area contributed by atoms with Gasteiger partial charge in [0.2, 0.25) is 11.8 Å². The number of carbonyl (C=O) groups is 2. The Labute approximate surface area is 152 Å². The molecule has 0 aliphatic carbocycles. The fourth-order valence-corrected chi connectivity index (χ4v) is 4.00. The Bertz CT molecular complexity index is 772. The fourth-order valence-electron chi connectivity index (χ4n) is 3.02. The molecule has 2 amide bonds. The number of nitrogens with one attached hydrogen (secondary N) is 1. The molecular formula is C19H23N3O2S. The summed E-state index contributed by atoms with van der Waals surface area (Å²) in [7, 11) is 1.94. The molecule has 0 saturated carbocycles. The summed E-state index contributed by atoms with van der Waals surface area (Å²) in [6.07, 6.45) is 1.44. The maximum absolute atomic E-state index is 12.4. The van der Waals surface area contributed by atoms with Crippen LogP contribution < -0.4 is 10.2 Å². The summed E-state index contributed by atoms with van der Waals surface area (Å²) in [5.74, 6) is 0.0443. The standard InChI is InChI=1S/C19H23N3O2S/c1-14-9-11-25-17(14)12-21(2)13-18(23)20-15-6-3-4-7-16(15)22-10-5-8-19(22)24/h3-4,6-7,9,11H,5,8,10,12-13H2,1-2H3,(H,20,23). The minimum absolute atomic E-state index is 0.0733.